The topological polar surface area (TPSA) is 177 Å². The molecule has 2 atom stereocenters. The minimum Gasteiger partial charge on any atom is -0.352 e. The van der Waals surface area contributed by atoms with Crippen LogP contribution in [0.25, 0.3) is 0 Å². The zero-order chi connectivity index (χ0) is 32.7. The highest BCUT2D eigenvalue weighted by Gasteiger charge is 2.26. The number of unbranched alkanes of at least 4 members (excludes halogenated alkanes) is 2. The summed E-state index contributed by atoms with van der Waals surface area (Å²) < 4.78 is 0. The van der Waals surface area contributed by atoms with Crippen molar-refractivity contribution in [3.05, 3.63) is 53.5 Å². The molecule has 0 aliphatic carbocycles. The lowest BCUT2D eigenvalue weighted by Gasteiger charge is -2.19. The third kappa shape index (κ3) is 11.3. The Balaban J connectivity index is 1.02. The second kappa shape index (κ2) is 19.4. The van der Waals surface area contributed by atoms with E-state index in [4.69, 9.17) is 11.5 Å². The van der Waals surface area contributed by atoms with Crippen LogP contribution in [0.3, 0.4) is 0 Å². The number of amides is 4. The van der Waals surface area contributed by atoms with Crippen LogP contribution in [0.5, 0.6) is 0 Å². The second-order valence-electron chi connectivity index (χ2n) is 10.8. The number of nitrogens with zero attached hydrogens (tertiary/aromatic N) is 4. The van der Waals surface area contributed by atoms with E-state index in [9.17, 15) is 19.2 Å². The average molecular weight is 707 g/mol. The standard InChI is InChI=1S/C30H42N8O4S4/c31-23(29(41)37-12-15-43-19-37)5-1-2-10-33-28(40)22-7-9-25(36-18-22)46-45-14-4-3-11-34-27(39)21-6-8-24(35-17-21)26(32)30(42)38-13-16-44-20-38/h6-9,17-18,23,26H,1-5,10-16,19-20,31-32H2,(H,33,40)(H,34,39)/t23-,26-/m0/s1. The summed E-state index contributed by atoms with van der Waals surface area (Å²) in [4.78, 5) is 61.8. The smallest absolute Gasteiger partial charge is 0.252 e. The molecule has 12 nitrogen and oxygen atoms in total. The number of hydrogen-bond acceptors (Lipinski definition) is 12. The molecule has 2 aliphatic heterocycles. The van der Waals surface area contributed by atoms with E-state index in [0.717, 1.165) is 60.4 Å². The largest absolute Gasteiger partial charge is 0.352 e. The second-order valence-corrected chi connectivity index (χ2v) is 15.4. The molecule has 0 radical (unpaired) electrons. The molecule has 6 N–H and O–H groups in total. The number of nitrogens with one attached hydrogen (secondary N) is 2. The zero-order valence-corrected chi connectivity index (χ0v) is 29.0. The Morgan fingerprint density at radius 1 is 0.804 bits per heavy atom. The van der Waals surface area contributed by atoms with Crippen molar-refractivity contribution in [1.29, 1.82) is 0 Å². The van der Waals surface area contributed by atoms with Crippen molar-refractivity contribution in [2.75, 3.05) is 55.2 Å². The number of carbonyl (C=O) groups excluding carboxylic acids is 4. The number of pyridine rings is 2. The first-order chi connectivity index (χ1) is 22.3. The maximum Gasteiger partial charge on any atom is 0.252 e. The van der Waals surface area contributed by atoms with Crippen LogP contribution >= 0.6 is 45.1 Å². The van der Waals surface area contributed by atoms with Gasteiger partial charge in [-0.2, -0.15) is 0 Å². The molecule has 2 aromatic rings. The minimum atomic E-state index is -0.825. The Kier molecular flexibility index (Phi) is 15.3. The summed E-state index contributed by atoms with van der Waals surface area (Å²) >= 11 is 3.44. The zero-order valence-electron chi connectivity index (χ0n) is 25.7. The number of carbonyl (C=O) groups is 4. The van der Waals surface area contributed by atoms with Crippen molar-refractivity contribution in [3.8, 4) is 0 Å². The molecule has 2 aliphatic rings. The monoisotopic (exact) mass is 706 g/mol. The molecule has 0 unspecified atom stereocenters. The maximum absolute atomic E-state index is 12.5. The van der Waals surface area contributed by atoms with Gasteiger partial charge in [0.1, 0.15) is 11.1 Å². The summed E-state index contributed by atoms with van der Waals surface area (Å²) in [6.45, 7) is 2.53. The van der Waals surface area contributed by atoms with E-state index in [-0.39, 0.29) is 23.6 Å². The molecule has 2 fully saturated rings. The summed E-state index contributed by atoms with van der Waals surface area (Å²) in [7, 11) is 3.22. The van der Waals surface area contributed by atoms with Gasteiger partial charge in [-0.05, 0) is 67.2 Å². The molecule has 2 saturated heterocycles. The molecule has 0 spiro atoms. The number of rotatable bonds is 17. The fraction of sp³-hybridized carbons (Fsp3) is 0.533. The predicted octanol–water partition coefficient (Wildman–Crippen LogP) is 2.72. The Hall–Kier alpha value is -2.50. The van der Waals surface area contributed by atoms with Crippen molar-refractivity contribution in [2.24, 2.45) is 11.5 Å². The highest BCUT2D eigenvalue weighted by molar-refractivity contribution is 8.76. The first kappa shape index (κ1) is 36.3. The van der Waals surface area contributed by atoms with Crippen LogP contribution < -0.4 is 22.1 Å². The number of thioether (sulfide) groups is 2. The number of nitrogens with two attached hydrogens (primary N) is 2. The molecular formula is C30H42N8O4S4. The van der Waals surface area contributed by atoms with Crippen LogP contribution in [0.1, 0.15) is 64.6 Å². The van der Waals surface area contributed by atoms with Gasteiger partial charge in [0.25, 0.3) is 11.8 Å². The van der Waals surface area contributed by atoms with Crippen LogP contribution in [-0.2, 0) is 9.59 Å². The van der Waals surface area contributed by atoms with Gasteiger partial charge >= 0.3 is 0 Å². The molecule has 0 bridgehead atoms. The van der Waals surface area contributed by atoms with E-state index in [1.165, 1.54) is 6.20 Å². The fourth-order valence-electron chi connectivity index (χ4n) is 4.63. The first-order valence-corrected chi connectivity index (χ1v) is 20.0. The van der Waals surface area contributed by atoms with Crippen molar-refractivity contribution < 1.29 is 19.2 Å². The number of hydrogen-bond donors (Lipinski definition) is 4. The summed E-state index contributed by atoms with van der Waals surface area (Å²) in [5, 5.41) is 6.63. The lowest BCUT2D eigenvalue weighted by Crippen LogP contribution is -2.42. The van der Waals surface area contributed by atoms with Gasteiger partial charge in [-0.3, -0.25) is 24.2 Å². The first-order valence-electron chi connectivity index (χ1n) is 15.4. The van der Waals surface area contributed by atoms with Crippen LogP contribution in [0, 0.1) is 0 Å². The SMILES string of the molecule is N[C@H](C(=O)N1CCSC1)c1ccc(C(=O)NCCCCSSc2ccc(C(=O)NCCCC[C@H](N)C(=O)N3CCSC3)cn2)cn1. The molecule has 46 heavy (non-hydrogen) atoms. The van der Waals surface area contributed by atoms with Crippen LogP contribution in [0.2, 0.25) is 0 Å². The third-order valence-electron chi connectivity index (χ3n) is 7.39. The Labute approximate surface area is 286 Å². The molecule has 4 rings (SSSR count). The third-order valence-corrected chi connectivity index (χ3v) is 11.7. The molecule has 0 aromatic carbocycles. The lowest BCUT2D eigenvalue weighted by molar-refractivity contribution is -0.132. The van der Waals surface area contributed by atoms with Gasteiger partial charge in [-0.1, -0.05) is 10.8 Å². The lowest BCUT2D eigenvalue weighted by atomic mass is 10.1. The van der Waals surface area contributed by atoms with E-state index in [1.54, 1.807) is 74.4 Å². The van der Waals surface area contributed by atoms with Crippen molar-refractivity contribution in [2.45, 2.75) is 49.2 Å². The van der Waals surface area contributed by atoms with Gasteiger partial charge in [0.15, 0.2) is 0 Å². The molecular weight excluding hydrogens is 665 g/mol. The fourth-order valence-corrected chi connectivity index (χ4v) is 8.55. The van der Waals surface area contributed by atoms with E-state index in [2.05, 4.69) is 20.6 Å². The van der Waals surface area contributed by atoms with Crippen molar-refractivity contribution >= 4 is 68.7 Å². The molecule has 4 amide bonds. The Morgan fingerprint density at radius 2 is 1.41 bits per heavy atom. The Morgan fingerprint density at radius 3 is 1.98 bits per heavy atom. The van der Waals surface area contributed by atoms with E-state index < -0.39 is 12.1 Å². The highest BCUT2D eigenvalue weighted by atomic mass is 33.1. The van der Waals surface area contributed by atoms with E-state index in [0.29, 0.717) is 48.8 Å². The van der Waals surface area contributed by atoms with Crippen molar-refractivity contribution in [1.82, 2.24) is 30.4 Å². The molecule has 250 valence electrons. The predicted molar refractivity (Wildman–Crippen MR) is 188 cm³/mol. The Bertz CT molecular complexity index is 1290. The normalized spacial score (nSPS) is 15.9. The summed E-state index contributed by atoms with van der Waals surface area (Å²) in [6, 6.07) is 5.59. The van der Waals surface area contributed by atoms with Gasteiger partial charge in [0.2, 0.25) is 11.8 Å². The molecule has 0 saturated carbocycles. The van der Waals surface area contributed by atoms with Crippen molar-refractivity contribution in [3.63, 3.8) is 0 Å². The van der Waals surface area contributed by atoms with Crippen LogP contribution in [-0.4, -0.2) is 105 Å². The van der Waals surface area contributed by atoms with Crippen LogP contribution in [0.4, 0.5) is 0 Å². The average Bonchev–Trinajstić information content (AvgIpc) is 3.82. The summed E-state index contributed by atoms with van der Waals surface area (Å²) in [5.74, 6) is 3.64. The summed E-state index contributed by atoms with van der Waals surface area (Å²) in [5.41, 5.74) is 13.5. The van der Waals surface area contributed by atoms with Gasteiger partial charge in [0.05, 0.1) is 34.6 Å². The van der Waals surface area contributed by atoms with Gasteiger partial charge in [0, 0.05) is 55.8 Å². The molecule has 2 aromatic heterocycles. The van der Waals surface area contributed by atoms with Crippen LogP contribution in [0.15, 0.2) is 41.7 Å². The van der Waals surface area contributed by atoms with Gasteiger partial charge < -0.3 is 31.9 Å². The van der Waals surface area contributed by atoms with E-state index >= 15 is 0 Å². The van der Waals surface area contributed by atoms with E-state index in [1.807, 2.05) is 11.0 Å². The summed E-state index contributed by atoms with van der Waals surface area (Å²) in [6.07, 6.45) is 6.92. The quantitative estimate of drug-likeness (QED) is 0.140. The highest BCUT2D eigenvalue weighted by Crippen LogP contribution is 2.30. The molecule has 16 heteroatoms. The molecule has 4 heterocycles. The van der Waals surface area contributed by atoms with Gasteiger partial charge in [-0.15, -0.1) is 23.5 Å². The number of aromatic nitrogens is 2. The maximum atomic E-state index is 12.5. The minimum absolute atomic E-state index is 0.0195. The van der Waals surface area contributed by atoms with Gasteiger partial charge in [-0.25, -0.2) is 4.98 Å².